The fourth-order valence-corrected chi connectivity index (χ4v) is 1.88. The highest BCUT2D eigenvalue weighted by atomic mass is 16.6. The monoisotopic (exact) mass is 203 g/mol. The van der Waals surface area contributed by atoms with Gasteiger partial charge in [0, 0.05) is 0 Å². The van der Waals surface area contributed by atoms with E-state index in [1.807, 2.05) is 37.3 Å². The van der Waals surface area contributed by atoms with Crippen LogP contribution in [0.2, 0.25) is 0 Å². The molecule has 0 saturated carbocycles. The standard InChI is InChI=1S/C12H13NO2/c1-8-11(9(2)14)12(15-13-8)10-6-4-3-5-7-10/h3-7,11-12H,1-2H3. The highest BCUT2D eigenvalue weighted by molar-refractivity contribution is 6.04. The fourth-order valence-electron chi connectivity index (χ4n) is 1.88. The van der Waals surface area contributed by atoms with Gasteiger partial charge in [0.1, 0.15) is 11.7 Å². The van der Waals surface area contributed by atoms with Gasteiger partial charge in [0.2, 0.25) is 0 Å². The Hall–Kier alpha value is -1.64. The van der Waals surface area contributed by atoms with E-state index in [1.54, 1.807) is 6.92 Å². The van der Waals surface area contributed by atoms with Crippen molar-refractivity contribution in [1.29, 1.82) is 0 Å². The van der Waals surface area contributed by atoms with Crippen LogP contribution in [0.15, 0.2) is 35.5 Å². The lowest BCUT2D eigenvalue weighted by atomic mass is 9.90. The van der Waals surface area contributed by atoms with Crippen molar-refractivity contribution < 1.29 is 9.63 Å². The van der Waals surface area contributed by atoms with E-state index in [0.717, 1.165) is 11.3 Å². The zero-order valence-corrected chi connectivity index (χ0v) is 8.81. The van der Waals surface area contributed by atoms with Gasteiger partial charge in [-0.15, -0.1) is 0 Å². The zero-order valence-electron chi connectivity index (χ0n) is 8.81. The van der Waals surface area contributed by atoms with Gasteiger partial charge < -0.3 is 4.84 Å². The number of rotatable bonds is 2. The molecule has 0 fully saturated rings. The summed E-state index contributed by atoms with van der Waals surface area (Å²) in [5.74, 6) is -0.130. The number of carbonyl (C=O) groups is 1. The van der Waals surface area contributed by atoms with Crippen LogP contribution in [0.1, 0.15) is 25.5 Å². The second-order valence-electron chi connectivity index (χ2n) is 3.76. The van der Waals surface area contributed by atoms with E-state index in [9.17, 15) is 4.79 Å². The quantitative estimate of drug-likeness (QED) is 0.740. The average Bonchev–Trinajstić information content (AvgIpc) is 2.61. The first-order chi connectivity index (χ1) is 7.20. The number of Topliss-reactive ketones (excluding diaryl/α,β-unsaturated/α-hetero) is 1. The maximum atomic E-state index is 11.5. The van der Waals surface area contributed by atoms with Crippen molar-refractivity contribution >= 4 is 11.5 Å². The van der Waals surface area contributed by atoms with Crippen molar-refractivity contribution in [3.05, 3.63) is 35.9 Å². The highest BCUT2D eigenvalue weighted by Crippen LogP contribution is 2.33. The van der Waals surface area contributed by atoms with Gasteiger partial charge in [-0.25, -0.2) is 0 Å². The number of nitrogens with zero attached hydrogens (tertiary/aromatic N) is 1. The summed E-state index contributed by atoms with van der Waals surface area (Å²) in [5, 5.41) is 3.89. The Balaban J connectivity index is 2.29. The normalized spacial score (nSPS) is 24.5. The number of hydrogen-bond acceptors (Lipinski definition) is 3. The third-order valence-electron chi connectivity index (χ3n) is 2.63. The van der Waals surface area contributed by atoms with Crippen LogP contribution in [0.5, 0.6) is 0 Å². The molecule has 0 N–H and O–H groups in total. The maximum Gasteiger partial charge on any atom is 0.167 e. The van der Waals surface area contributed by atoms with Crippen molar-refractivity contribution in [1.82, 2.24) is 0 Å². The minimum Gasteiger partial charge on any atom is -0.386 e. The SMILES string of the molecule is CC(=O)C1C(C)=NOC1c1ccccc1. The van der Waals surface area contributed by atoms with Crippen LogP contribution in [0.3, 0.4) is 0 Å². The van der Waals surface area contributed by atoms with Crippen molar-refractivity contribution in [3.63, 3.8) is 0 Å². The molecule has 0 amide bonds. The minimum atomic E-state index is -0.247. The van der Waals surface area contributed by atoms with Crippen LogP contribution >= 0.6 is 0 Å². The fraction of sp³-hybridized carbons (Fsp3) is 0.333. The second kappa shape index (κ2) is 3.85. The lowest BCUT2D eigenvalue weighted by molar-refractivity contribution is -0.121. The van der Waals surface area contributed by atoms with Gasteiger partial charge in [-0.05, 0) is 19.4 Å². The Labute approximate surface area is 88.7 Å². The predicted molar refractivity (Wildman–Crippen MR) is 57.5 cm³/mol. The van der Waals surface area contributed by atoms with E-state index in [-0.39, 0.29) is 17.8 Å². The van der Waals surface area contributed by atoms with Gasteiger partial charge in [-0.1, -0.05) is 35.5 Å². The Morgan fingerprint density at radius 1 is 1.33 bits per heavy atom. The Kier molecular flexibility index (Phi) is 2.54. The largest absolute Gasteiger partial charge is 0.386 e. The van der Waals surface area contributed by atoms with E-state index < -0.39 is 0 Å². The van der Waals surface area contributed by atoms with Crippen LogP contribution in [0, 0.1) is 5.92 Å². The molecule has 1 aromatic carbocycles. The predicted octanol–water partition coefficient (Wildman–Crippen LogP) is 2.34. The molecule has 3 nitrogen and oxygen atoms in total. The van der Waals surface area contributed by atoms with Gasteiger partial charge in [0.05, 0.1) is 5.71 Å². The molecule has 2 atom stereocenters. The third-order valence-corrected chi connectivity index (χ3v) is 2.63. The number of benzene rings is 1. The van der Waals surface area contributed by atoms with Crippen LogP contribution in [0.25, 0.3) is 0 Å². The molecule has 0 spiro atoms. The molecule has 1 aromatic rings. The van der Waals surface area contributed by atoms with E-state index >= 15 is 0 Å². The molecule has 78 valence electrons. The van der Waals surface area contributed by atoms with E-state index in [2.05, 4.69) is 5.16 Å². The molecular formula is C12H13NO2. The molecule has 3 heteroatoms. The summed E-state index contributed by atoms with van der Waals surface area (Å²) in [5.41, 5.74) is 1.76. The average molecular weight is 203 g/mol. The number of hydrogen-bond donors (Lipinski definition) is 0. The van der Waals surface area contributed by atoms with Crippen molar-refractivity contribution in [2.45, 2.75) is 20.0 Å². The van der Waals surface area contributed by atoms with Crippen LogP contribution < -0.4 is 0 Å². The molecule has 1 aliphatic heterocycles. The lowest BCUT2D eigenvalue weighted by Crippen LogP contribution is -2.22. The molecule has 15 heavy (non-hydrogen) atoms. The first kappa shape index (κ1) is 9.90. The molecule has 1 aliphatic rings. The molecule has 0 radical (unpaired) electrons. The Bertz CT molecular complexity index is 397. The smallest absolute Gasteiger partial charge is 0.167 e. The van der Waals surface area contributed by atoms with Crippen molar-refractivity contribution in [2.75, 3.05) is 0 Å². The highest BCUT2D eigenvalue weighted by Gasteiger charge is 2.36. The molecule has 0 saturated heterocycles. The van der Waals surface area contributed by atoms with Gasteiger partial charge in [0.25, 0.3) is 0 Å². The van der Waals surface area contributed by atoms with Gasteiger partial charge in [-0.2, -0.15) is 0 Å². The first-order valence-electron chi connectivity index (χ1n) is 4.96. The summed E-state index contributed by atoms with van der Waals surface area (Å²) in [6.45, 7) is 3.41. The Morgan fingerprint density at radius 2 is 2.00 bits per heavy atom. The molecule has 0 aromatic heterocycles. The Morgan fingerprint density at radius 3 is 2.60 bits per heavy atom. The summed E-state index contributed by atoms with van der Waals surface area (Å²) in [6.07, 6.45) is -0.247. The maximum absolute atomic E-state index is 11.5. The van der Waals surface area contributed by atoms with E-state index in [1.165, 1.54) is 0 Å². The summed E-state index contributed by atoms with van der Waals surface area (Å²) in [7, 11) is 0. The van der Waals surface area contributed by atoms with Crippen LogP contribution in [-0.4, -0.2) is 11.5 Å². The summed E-state index contributed by atoms with van der Waals surface area (Å²) in [6, 6.07) is 9.71. The van der Waals surface area contributed by atoms with Gasteiger partial charge in [-0.3, -0.25) is 4.79 Å². The third kappa shape index (κ3) is 1.77. The second-order valence-corrected chi connectivity index (χ2v) is 3.76. The van der Waals surface area contributed by atoms with E-state index in [0.29, 0.717) is 0 Å². The first-order valence-corrected chi connectivity index (χ1v) is 4.96. The molecular weight excluding hydrogens is 190 g/mol. The molecule has 2 rings (SSSR count). The number of ketones is 1. The summed E-state index contributed by atoms with van der Waals surface area (Å²) in [4.78, 5) is 16.8. The van der Waals surface area contributed by atoms with E-state index in [4.69, 9.17) is 4.84 Å². The zero-order chi connectivity index (χ0) is 10.8. The van der Waals surface area contributed by atoms with Crippen LogP contribution in [0.4, 0.5) is 0 Å². The molecule has 2 unspecified atom stereocenters. The molecule has 0 bridgehead atoms. The topological polar surface area (TPSA) is 38.7 Å². The van der Waals surface area contributed by atoms with Crippen molar-refractivity contribution in [2.24, 2.45) is 11.1 Å². The number of oxime groups is 1. The summed E-state index contributed by atoms with van der Waals surface area (Å²) < 4.78 is 0. The van der Waals surface area contributed by atoms with Gasteiger partial charge in [0.15, 0.2) is 6.10 Å². The lowest BCUT2D eigenvalue weighted by Gasteiger charge is -2.15. The minimum absolute atomic E-state index is 0.0996. The summed E-state index contributed by atoms with van der Waals surface area (Å²) >= 11 is 0. The van der Waals surface area contributed by atoms with Crippen LogP contribution in [-0.2, 0) is 9.63 Å². The molecule has 1 heterocycles. The number of carbonyl (C=O) groups excluding carboxylic acids is 1. The van der Waals surface area contributed by atoms with Crippen molar-refractivity contribution in [3.8, 4) is 0 Å². The van der Waals surface area contributed by atoms with Gasteiger partial charge >= 0.3 is 0 Å². The molecule has 0 aliphatic carbocycles.